The van der Waals surface area contributed by atoms with E-state index in [4.69, 9.17) is 0 Å². The maximum absolute atomic E-state index is 4.69. The van der Waals surface area contributed by atoms with Gasteiger partial charge in [0.15, 0.2) is 11.8 Å². The molecule has 1 aromatic heterocycles. The maximum atomic E-state index is 4.69. The lowest BCUT2D eigenvalue weighted by Crippen LogP contribution is -2.39. The SMILES string of the molecule is CCNC(=NCc1nnc(C)n1C)NCC(c1ccccc1)c1ccccc1. The van der Waals surface area contributed by atoms with Gasteiger partial charge in [0.05, 0.1) is 0 Å². The molecule has 0 saturated heterocycles. The van der Waals surface area contributed by atoms with Crippen LogP contribution in [0.25, 0.3) is 0 Å². The highest BCUT2D eigenvalue weighted by molar-refractivity contribution is 5.79. The third kappa shape index (κ3) is 4.97. The maximum Gasteiger partial charge on any atom is 0.191 e. The van der Waals surface area contributed by atoms with Gasteiger partial charge in [-0.2, -0.15) is 0 Å². The molecule has 6 nitrogen and oxygen atoms in total. The summed E-state index contributed by atoms with van der Waals surface area (Å²) < 4.78 is 1.96. The zero-order valence-corrected chi connectivity index (χ0v) is 16.8. The summed E-state index contributed by atoms with van der Waals surface area (Å²) >= 11 is 0. The van der Waals surface area contributed by atoms with Crippen LogP contribution in [0, 0.1) is 6.92 Å². The Morgan fingerprint density at radius 3 is 2.07 bits per heavy atom. The number of hydrogen-bond acceptors (Lipinski definition) is 3. The first-order valence-electron chi connectivity index (χ1n) is 9.66. The number of rotatable bonds is 7. The minimum Gasteiger partial charge on any atom is -0.357 e. The molecule has 0 bridgehead atoms. The summed E-state index contributed by atoms with van der Waals surface area (Å²) in [5.41, 5.74) is 2.56. The summed E-state index contributed by atoms with van der Waals surface area (Å²) in [7, 11) is 1.96. The van der Waals surface area contributed by atoms with E-state index in [9.17, 15) is 0 Å². The van der Waals surface area contributed by atoms with Crippen molar-refractivity contribution < 1.29 is 0 Å². The van der Waals surface area contributed by atoms with Crippen molar-refractivity contribution in [3.63, 3.8) is 0 Å². The fraction of sp³-hybridized carbons (Fsp3) is 0.318. The van der Waals surface area contributed by atoms with E-state index in [1.807, 2.05) is 30.7 Å². The van der Waals surface area contributed by atoms with Crippen LogP contribution in [0.2, 0.25) is 0 Å². The van der Waals surface area contributed by atoms with Gasteiger partial charge in [-0.3, -0.25) is 0 Å². The first-order chi connectivity index (χ1) is 13.7. The fourth-order valence-electron chi connectivity index (χ4n) is 3.08. The van der Waals surface area contributed by atoms with Crippen LogP contribution in [-0.2, 0) is 13.6 Å². The zero-order chi connectivity index (χ0) is 19.8. The number of aromatic nitrogens is 3. The number of guanidine groups is 1. The third-order valence-corrected chi connectivity index (χ3v) is 4.78. The van der Waals surface area contributed by atoms with Crippen LogP contribution in [0.5, 0.6) is 0 Å². The van der Waals surface area contributed by atoms with Crippen LogP contribution in [0.4, 0.5) is 0 Å². The Bertz CT molecular complexity index is 846. The van der Waals surface area contributed by atoms with Crippen LogP contribution < -0.4 is 10.6 Å². The van der Waals surface area contributed by atoms with Crippen LogP contribution in [0.3, 0.4) is 0 Å². The molecule has 0 unspecified atom stereocenters. The molecule has 1 heterocycles. The molecule has 0 aliphatic carbocycles. The molecule has 0 atom stereocenters. The van der Waals surface area contributed by atoms with E-state index in [2.05, 4.69) is 81.3 Å². The van der Waals surface area contributed by atoms with Crippen molar-refractivity contribution in [2.24, 2.45) is 12.0 Å². The van der Waals surface area contributed by atoms with Crippen molar-refractivity contribution in [2.45, 2.75) is 26.3 Å². The molecule has 0 amide bonds. The fourth-order valence-corrected chi connectivity index (χ4v) is 3.08. The van der Waals surface area contributed by atoms with Gasteiger partial charge >= 0.3 is 0 Å². The lowest BCUT2D eigenvalue weighted by molar-refractivity contribution is 0.720. The Morgan fingerprint density at radius 2 is 1.57 bits per heavy atom. The summed E-state index contributed by atoms with van der Waals surface area (Å²) in [6.07, 6.45) is 0. The molecule has 0 fully saturated rings. The van der Waals surface area contributed by atoms with E-state index in [1.54, 1.807) is 0 Å². The van der Waals surface area contributed by atoms with E-state index in [0.717, 1.165) is 30.7 Å². The lowest BCUT2D eigenvalue weighted by atomic mass is 9.91. The molecule has 0 saturated carbocycles. The van der Waals surface area contributed by atoms with E-state index < -0.39 is 0 Å². The van der Waals surface area contributed by atoms with Crippen molar-refractivity contribution in [2.75, 3.05) is 13.1 Å². The van der Waals surface area contributed by atoms with E-state index >= 15 is 0 Å². The van der Waals surface area contributed by atoms with Gasteiger partial charge in [-0.25, -0.2) is 4.99 Å². The minimum atomic E-state index is 0.239. The number of hydrogen-bond donors (Lipinski definition) is 2. The molecule has 6 heteroatoms. The number of nitrogens with one attached hydrogen (secondary N) is 2. The first kappa shape index (κ1) is 19.6. The molecule has 3 rings (SSSR count). The molecule has 0 radical (unpaired) electrons. The number of nitrogens with zero attached hydrogens (tertiary/aromatic N) is 4. The zero-order valence-electron chi connectivity index (χ0n) is 16.8. The Balaban J connectivity index is 1.75. The van der Waals surface area contributed by atoms with Crippen molar-refractivity contribution in [3.8, 4) is 0 Å². The Kier molecular flexibility index (Phi) is 6.78. The van der Waals surface area contributed by atoms with Crippen LogP contribution in [0.1, 0.15) is 35.6 Å². The molecule has 0 aliphatic rings. The van der Waals surface area contributed by atoms with Gasteiger partial charge in [0.1, 0.15) is 12.4 Å². The second-order valence-corrected chi connectivity index (χ2v) is 6.67. The average Bonchev–Trinajstić information content (AvgIpc) is 3.06. The summed E-state index contributed by atoms with van der Waals surface area (Å²) in [5, 5.41) is 15.1. The van der Waals surface area contributed by atoms with Crippen molar-refractivity contribution in [3.05, 3.63) is 83.4 Å². The van der Waals surface area contributed by atoms with Crippen LogP contribution in [-0.4, -0.2) is 33.8 Å². The highest BCUT2D eigenvalue weighted by Gasteiger charge is 2.14. The van der Waals surface area contributed by atoms with Gasteiger partial charge in [-0.15, -0.1) is 10.2 Å². The predicted molar refractivity (Wildman–Crippen MR) is 113 cm³/mol. The van der Waals surface area contributed by atoms with Gasteiger partial charge in [0.25, 0.3) is 0 Å². The molecule has 2 aromatic carbocycles. The van der Waals surface area contributed by atoms with E-state index in [-0.39, 0.29) is 5.92 Å². The van der Waals surface area contributed by atoms with E-state index in [1.165, 1.54) is 11.1 Å². The summed E-state index contributed by atoms with van der Waals surface area (Å²) in [6, 6.07) is 21.1. The highest BCUT2D eigenvalue weighted by atomic mass is 15.3. The van der Waals surface area contributed by atoms with Gasteiger partial charge in [0.2, 0.25) is 0 Å². The molecule has 2 N–H and O–H groups in total. The average molecular weight is 377 g/mol. The van der Waals surface area contributed by atoms with Crippen LogP contribution in [0.15, 0.2) is 65.7 Å². The van der Waals surface area contributed by atoms with E-state index in [0.29, 0.717) is 6.54 Å². The molecule has 3 aromatic rings. The second kappa shape index (κ2) is 9.69. The van der Waals surface area contributed by atoms with Crippen molar-refractivity contribution in [1.29, 1.82) is 0 Å². The molecule has 0 aliphatic heterocycles. The monoisotopic (exact) mass is 376 g/mol. The lowest BCUT2D eigenvalue weighted by Gasteiger charge is -2.20. The van der Waals surface area contributed by atoms with Crippen molar-refractivity contribution >= 4 is 5.96 Å². The largest absolute Gasteiger partial charge is 0.357 e. The number of benzene rings is 2. The van der Waals surface area contributed by atoms with Crippen LogP contribution >= 0.6 is 0 Å². The minimum absolute atomic E-state index is 0.239. The molecular weight excluding hydrogens is 348 g/mol. The van der Waals surface area contributed by atoms with Gasteiger partial charge in [-0.1, -0.05) is 60.7 Å². The number of aryl methyl sites for hydroxylation is 1. The number of aliphatic imine (C=N–C) groups is 1. The quantitative estimate of drug-likeness (QED) is 0.491. The Labute approximate surface area is 166 Å². The first-order valence-corrected chi connectivity index (χ1v) is 9.66. The Morgan fingerprint density at radius 1 is 0.964 bits per heavy atom. The standard InChI is InChI=1S/C22H28N6/c1-4-23-22(25-16-21-27-26-17(2)28(21)3)24-15-20(18-11-7-5-8-12-18)19-13-9-6-10-14-19/h5-14,20H,4,15-16H2,1-3H3,(H2,23,24,25). The second-order valence-electron chi connectivity index (χ2n) is 6.67. The van der Waals surface area contributed by atoms with Gasteiger partial charge in [0, 0.05) is 26.1 Å². The van der Waals surface area contributed by atoms with Gasteiger partial charge < -0.3 is 15.2 Å². The normalized spacial score (nSPS) is 11.6. The molecule has 146 valence electrons. The summed E-state index contributed by atoms with van der Waals surface area (Å²) in [5.74, 6) is 2.75. The molecule has 0 spiro atoms. The highest BCUT2D eigenvalue weighted by Crippen LogP contribution is 2.23. The molecular formula is C22H28N6. The predicted octanol–water partition coefficient (Wildman–Crippen LogP) is 3.01. The van der Waals surface area contributed by atoms with Crippen molar-refractivity contribution in [1.82, 2.24) is 25.4 Å². The van der Waals surface area contributed by atoms with Gasteiger partial charge in [-0.05, 0) is 25.0 Å². The summed E-state index contributed by atoms with van der Waals surface area (Å²) in [6.45, 7) is 6.03. The smallest absolute Gasteiger partial charge is 0.191 e. The molecule has 28 heavy (non-hydrogen) atoms. The summed E-state index contributed by atoms with van der Waals surface area (Å²) in [4.78, 5) is 4.69. The Hall–Kier alpha value is -3.15. The topological polar surface area (TPSA) is 67.1 Å². The third-order valence-electron chi connectivity index (χ3n) is 4.78.